The van der Waals surface area contributed by atoms with E-state index < -0.39 is 0 Å². The zero-order chi connectivity index (χ0) is 15.1. The van der Waals surface area contributed by atoms with Gasteiger partial charge in [0.1, 0.15) is 19.6 Å². The van der Waals surface area contributed by atoms with Crippen LogP contribution >= 0.6 is 0 Å². The molecule has 0 saturated heterocycles. The van der Waals surface area contributed by atoms with Crippen LogP contribution in [0.5, 0.6) is 0 Å². The predicted octanol–water partition coefficient (Wildman–Crippen LogP) is 2.04. The number of hydrogen-bond donors (Lipinski definition) is 0. The first-order valence-electron chi connectivity index (χ1n) is 7.08. The molecule has 0 rings (SSSR count). The van der Waals surface area contributed by atoms with Crippen molar-refractivity contribution in [3.8, 4) is 0 Å². The summed E-state index contributed by atoms with van der Waals surface area (Å²) >= 11 is 0. The third-order valence-corrected chi connectivity index (χ3v) is 3.03. The molecule has 0 aliphatic heterocycles. The lowest BCUT2D eigenvalue weighted by atomic mass is 10.3. The number of rotatable bonds is 15. The molecule has 4 nitrogen and oxygen atoms in total. The van der Waals surface area contributed by atoms with Crippen LogP contribution in [-0.2, 0) is 14.2 Å². The van der Waals surface area contributed by atoms with Crippen molar-refractivity contribution in [2.45, 2.75) is 0 Å². The second kappa shape index (κ2) is 13.1. The van der Waals surface area contributed by atoms with Gasteiger partial charge in [-0.1, -0.05) is 18.2 Å². The summed E-state index contributed by atoms with van der Waals surface area (Å²) < 4.78 is 17.3. The standard InChI is InChI=1S/C16H30NO3/c1-5-11-18-14-8-17(4,9-15-19-12-6-2)10-16-20-13-7-3/h5-7H,1-3,8-16H2,4H3/q+1. The zero-order valence-corrected chi connectivity index (χ0v) is 12.9. The van der Waals surface area contributed by atoms with Gasteiger partial charge in [-0.3, -0.25) is 0 Å². The van der Waals surface area contributed by atoms with E-state index in [9.17, 15) is 0 Å². The van der Waals surface area contributed by atoms with E-state index in [0.29, 0.717) is 39.6 Å². The lowest BCUT2D eigenvalue weighted by Gasteiger charge is -2.34. The molecule has 0 saturated carbocycles. The summed E-state index contributed by atoms with van der Waals surface area (Å²) in [6.07, 6.45) is 5.31. The van der Waals surface area contributed by atoms with Gasteiger partial charge < -0.3 is 18.7 Å². The minimum atomic E-state index is 0.597. The number of quaternary nitrogens is 1. The third kappa shape index (κ3) is 10.9. The molecule has 0 aromatic rings. The first kappa shape index (κ1) is 19.1. The Morgan fingerprint density at radius 3 is 1.25 bits per heavy atom. The zero-order valence-electron chi connectivity index (χ0n) is 12.9. The molecule has 0 aliphatic carbocycles. The Morgan fingerprint density at radius 2 is 1.00 bits per heavy atom. The van der Waals surface area contributed by atoms with Crippen molar-refractivity contribution in [1.29, 1.82) is 0 Å². The average Bonchev–Trinajstić information content (AvgIpc) is 2.45. The molecule has 0 fully saturated rings. The largest absolute Gasteiger partial charge is 0.372 e. The van der Waals surface area contributed by atoms with E-state index in [4.69, 9.17) is 14.2 Å². The summed E-state index contributed by atoms with van der Waals surface area (Å²) in [4.78, 5) is 0. The minimum absolute atomic E-state index is 0.597. The molecule has 0 amide bonds. The fraction of sp³-hybridized carbons (Fsp3) is 0.625. The average molecular weight is 284 g/mol. The van der Waals surface area contributed by atoms with Crippen molar-refractivity contribution in [2.75, 3.05) is 66.3 Å². The number of ether oxygens (including phenoxy) is 3. The van der Waals surface area contributed by atoms with Crippen LogP contribution < -0.4 is 0 Å². The molecule has 0 aromatic carbocycles. The maximum Gasteiger partial charge on any atom is 0.102 e. The van der Waals surface area contributed by atoms with Gasteiger partial charge >= 0.3 is 0 Å². The van der Waals surface area contributed by atoms with Crippen LogP contribution in [0.4, 0.5) is 0 Å². The second-order valence-electron chi connectivity index (χ2n) is 4.88. The van der Waals surface area contributed by atoms with Gasteiger partial charge in [0, 0.05) is 0 Å². The SMILES string of the molecule is C=CCOCC[N+](C)(CCOCC=C)CCOCC=C. The van der Waals surface area contributed by atoms with Crippen LogP contribution in [-0.4, -0.2) is 70.8 Å². The quantitative estimate of drug-likeness (QED) is 0.262. The molecule has 0 aliphatic rings. The highest BCUT2D eigenvalue weighted by atomic mass is 16.5. The van der Waals surface area contributed by atoms with Crippen LogP contribution in [0.1, 0.15) is 0 Å². The van der Waals surface area contributed by atoms with E-state index in [0.717, 1.165) is 24.1 Å². The third-order valence-electron chi connectivity index (χ3n) is 3.03. The molecule has 0 aromatic heterocycles. The lowest BCUT2D eigenvalue weighted by molar-refractivity contribution is -0.910. The topological polar surface area (TPSA) is 27.7 Å². The number of likely N-dealkylation sites (N-methyl/N-ethyl adjacent to an activating group) is 1. The fourth-order valence-electron chi connectivity index (χ4n) is 1.69. The molecule has 0 unspecified atom stereocenters. The predicted molar refractivity (Wildman–Crippen MR) is 83.8 cm³/mol. The van der Waals surface area contributed by atoms with E-state index in [1.54, 1.807) is 18.2 Å². The van der Waals surface area contributed by atoms with E-state index in [1.165, 1.54) is 0 Å². The molecule has 0 radical (unpaired) electrons. The van der Waals surface area contributed by atoms with Crippen LogP contribution in [0.3, 0.4) is 0 Å². The Balaban J connectivity index is 4.07. The molecule has 20 heavy (non-hydrogen) atoms. The van der Waals surface area contributed by atoms with E-state index in [1.807, 2.05) is 0 Å². The monoisotopic (exact) mass is 284 g/mol. The van der Waals surface area contributed by atoms with Crippen LogP contribution in [0.25, 0.3) is 0 Å². The molecule has 0 atom stereocenters. The number of nitrogens with zero attached hydrogens (tertiary/aromatic N) is 1. The second-order valence-corrected chi connectivity index (χ2v) is 4.88. The van der Waals surface area contributed by atoms with Crippen molar-refractivity contribution in [2.24, 2.45) is 0 Å². The summed E-state index contributed by atoms with van der Waals surface area (Å²) in [5.41, 5.74) is 0. The van der Waals surface area contributed by atoms with Gasteiger partial charge in [-0.2, -0.15) is 0 Å². The Morgan fingerprint density at radius 1 is 0.700 bits per heavy atom. The summed E-state index contributed by atoms with van der Waals surface area (Å²) in [5, 5.41) is 0. The van der Waals surface area contributed by atoms with Gasteiger partial charge in [0.05, 0.1) is 46.7 Å². The Kier molecular flexibility index (Phi) is 12.4. The van der Waals surface area contributed by atoms with E-state index in [2.05, 4.69) is 26.8 Å². The maximum absolute atomic E-state index is 5.49. The lowest BCUT2D eigenvalue weighted by Crippen LogP contribution is -2.50. The van der Waals surface area contributed by atoms with Crippen molar-refractivity contribution >= 4 is 0 Å². The molecule has 116 valence electrons. The van der Waals surface area contributed by atoms with Crippen molar-refractivity contribution in [1.82, 2.24) is 0 Å². The normalized spacial score (nSPS) is 11.2. The van der Waals surface area contributed by atoms with Crippen LogP contribution in [0, 0.1) is 0 Å². The highest BCUT2D eigenvalue weighted by Gasteiger charge is 2.20. The minimum Gasteiger partial charge on any atom is -0.372 e. The Labute approximate surface area is 123 Å². The summed E-state index contributed by atoms with van der Waals surface area (Å²) in [5.74, 6) is 0. The summed E-state index contributed by atoms with van der Waals surface area (Å²) in [6, 6.07) is 0. The van der Waals surface area contributed by atoms with Gasteiger partial charge in [-0.05, 0) is 0 Å². The number of hydrogen-bond acceptors (Lipinski definition) is 3. The van der Waals surface area contributed by atoms with Crippen molar-refractivity contribution in [3.63, 3.8) is 0 Å². The van der Waals surface area contributed by atoms with E-state index in [-0.39, 0.29) is 0 Å². The first-order valence-corrected chi connectivity index (χ1v) is 7.08. The van der Waals surface area contributed by atoms with Gasteiger partial charge in [-0.15, -0.1) is 19.7 Å². The highest BCUT2D eigenvalue weighted by molar-refractivity contribution is 4.65. The molecule has 0 bridgehead atoms. The molecule has 0 heterocycles. The Bertz CT molecular complexity index is 226. The molecule has 0 N–H and O–H groups in total. The Hall–Kier alpha value is -0.940. The fourth-order valence-corrected chi connectivity index (χ4v) is 1.69. The van der Waals surface area contributed by atoms with Gasteiger partial charge in [0.15, 0.2) is 0 Å². The maximum atomic E-state index is 5.49. The highest BCUT2D eigenvalue weighted by Crippen LogP contribution is 2.03. The van der Waals surface area contributed by atoms with Crippen LogP contribution in [0.15, 0.2) is 38.0 Å². The summed E-state index contributed by atoms with van der Waals surface area (Å²) in [6.45, 7) is 17.7. The van der Waals surface area contributed by atoms with Crippen LogP contribution in [0.2, 0.25) is 0 Å². The van der Waals surface area contributed by atoms with Gasteiger partial charge in [0.25, 0.3) is 0 Å². The molecular weight excluding hydrogens is 254 g/mol. The van der Waals surface area contributed by atoms with Gasteiger partial charge in [-0.25, -0.2) is 0 Å². The summed E-state index contributed by atoms with van der Waals surface area (Å²) in [7, 11) is 2.20. The van der Waals surface area contributed by atoms with E-state index >= 15 is 0 Å². The molecule has 4 heteroatoms. The van der Waals surface area contributed by atoms with Crippen molar-refractivity contribution in [3.05, 3.63) is 38.0 Å². The van der Waals surface area contributed by atoms with Gasteiger partial charge in [0.2, 0.25) is 0 Å². The first-order chi connectivity index (χ1) is 9.68. The van der Waals surface area contributed by atoms with Crippen molar-refractivity contribution < 1.29 is 18.7 Å². The molecular formula is C16H30NO3+. The molecule has 0 spiro atoms. The smallest absolute Gasteiger partial charge is 0.102 e.